The number of carbonyl (C=O) groups is 1. The van der Waals surface area contributed by atoms with E-state index in [0.717, 1.165) is 59.4 Å². The van der Waals surface area contributed by atoms with Gasteiger partial charge in [0.15, 0.2) is 5.65 Å². The first kappa shape index (κ1) is 23.9. The van der Waals surface area contributed by atoms with Gasteiger partial charge in [-0.05, 0) is 55.5 Å². The topological polar surface area (TPSA) is 71.0 Å². The van der Waals surface area contributed by atoms with Gasteiger partial charge in [-0.15, -0.1) is 0 Å². The van der Waals surface area contributed by atoms with E-state index in [2.05, 4.69) is 27.2 Å². The summed E-state index contributed by atoms with van der Waals surface area (Å²) in [7, 11) is 0. The van der Waals surface area contributed by atoms with Crippen LogP contribution in [-0.4, -0.2) is 39.0 Å². The first-order valence-corrected chi connectivity index (χ1v) is 10.9. The van der Waals surface area contributed by atoms with Crippen LogP contribution in [-0.2, 0) is 6.42 Å². The number of fused-ring (bicyclic) bond motifs is 1. The van der Waals surface area contributed by atoms with Crippen molar-refractivity contribution in [1.82, 2.24) is 19.9 Å². The van der Waals surface area contributed by atoms with E-state index in [-0.39, 0.29) is 25.2 Å². The molecule has 4 rings (SSSR count). The minimum atomic E-state index is -0.442. The van der Waals surface area contributed by atoms with Crippen molar-refractivity contribution in [2.45, 2.75) is 47.0 Å². The van der Waals surface area contributed by atoms with Gasteiger partial charge in [0, 0.05) is 42.4 Å². The van der Waals surface area contributed by atoms with Gasteiger partial charge in [0.05, 0.1) is 5.69 Å². The number of nitrogens with one attached hydrogen (secondary N) is 1. The van der Waals surface area contributed by atoms with Crippen LogP contribution < -0.4 is 5.32 Å². The van der Waals surface area contributed by atoms with Crippen LogP contribution in [0, 0.1) is 25.6 Å². The molecule has 1 N–H and O–H groups in total. The second kappa shape index (κ2) is 9.81. The number of rotatable bonds is 4. The highest BCUT2D eigenvalue weighted by molar-refractivity contribution is 7.59. The Morgan fingerprint density at radius 1 is 1.19 bits per heavy atom. The smallest absolute Gasteiger partial charge is 0.321 e. The van der Waals surface area contributed by atoms with E-state index in [1.54, 1.807) is 17.2 Å². The van der Waals surface area contributed by atoms with E-state index >= 15 is 0 Å². The monoisotopic (exact) mass is 455 g/mol. The Bertz CT molecular complexity index is 1150. The average Bonchev–Trinajstić information content (AvgIpc) is 3.24. The van der Waals surface area contributed by atoms with E-state index in [4.69, 9.17) is 0 Å². The lowest BCUT2D eigenvalue weighted by Crippen LogP contribution is -2.33. The van der Waals surface area contributed by atoms with Gasteiger partial charge in [0.25, 0.3) is 0 Å². The number of aromatic nitrogens is 3. The zero-order valence-electron chi connectivity index (χ0n) is 19.0. The summed E-state index contributed by atoms with van der Waals surface area (Å²) in [5.74, 6) is 0.830. The maximum absolute atomic E-state index is 14.7. The van der Waals surface area contributed by atoms with Gasteiger partial charge < -0.3 is 10.2 Å². The molecule has 3 heterocycles. The molecule has 170 valence electrons. The minimum Gasteiger partial charge on any atom is -0.324 e. The highest BCUT2D eigenvalue weighted by Gasteiger charge is 2.25. The molecule has 1 fully saturated rings. The summed E-state index contributed by atoms with van der Waals surface area (Å²) >= 11 is 0. The molecule has 2 aromatic heterocycles. The van der Waals surface area contributed by atoms with Crippen LogP contribution in [0.4, 0.5) is 14.9 Å². The second-order valence-corrected chi connectivity index (χ2v) is 8.26. The van der Waals surface area contributed by atoms with Crippen LogP contribution in [0.1, 0.15) is 43.8 Å². The second-order valence-electron chi connectivity index (χ2n) is 8.26. The fourth-order valence-electron chi connectivity index (χ4n) is 4.13. The molecule has 1 saturated heterocycles. The molecular weight excluding hydrogens is 425 g/mol. The van der Waals surface area contributed by atoms with Gasteiger partial charge in [-0.25, -0.2) is 24.1 Å². The number of amides is 2. The average molecular weight is 456 g/mol. The first-order valence-electron chi connectivity index (χ1n) is 10.9. The van der Waals surface area contributed by atoms with Gasteiger partial charge in [0.1, 0.15) is 11.6 Å². The largest absolute Gasteiger partial charge is 0.324 e. The molecule has 1 aliphatic heterocycles. The molecule has 1 atom stereocenters. The number of anilines is 1. The fraction of sp³-hybridized carbons (Fsp3) is 0.417. The van der Waals surface area contributed by atoms with Crippen molar-refractivity contribution < 1.29 is 9.18 Å². The summed E-state index contributed by atoms with van der Waals surface area (Å²) < 4.78 is 14.7. The molecule has 0 spiro atoms. The summed E-state index contributed by atoms with van der Waals surface area (Å²) in [5, 5.41) is 3.60. The number of hydrogen-bond donors (Lipinski definition) is 1. The highest BCUT2D eigenvalue weighted by atomic mass is 32.1. The van der Waals surface area contributed by atoms with Gasteiger partial charge >= 0.3 is 6.03 Å². The number of hydrogen-bond acceptors (Lipinski definition) is 4. The lowest BCUT2D eigenvalue weighted by atomic mass is 9.97. The molecular formula is C24H30FN5OS. The molecule has 32 heavy (non-hydrogen) atoms. The van der Waals surface area contributed by atoms with Gasteiger partial charge in [-0.2, -0.15) is 13.5 Å². The van der Waals surface area contributed by atoms with Crippen molar-refractivity contribution in [2.24, 2.45) is 5.92 Å². The van der Waals surface area contributed by atoms with Crippen molar-refractivity contribution in [1.29, 1.82) is 0 Å². The Balaban J connectivity index is 0.00000289. The highest BCUT2D eigenvalue weighted by Crippen LogP contribution is 2.32. The zero-order chi connectivity index (χ0) is 22.1. The number of aryl methyl sites for hydroxylation is 3. The van der Waals surface area contributed by atoms with Crippen molar-refractivity contribution in [3.05, 3.63) is 47.3 Å². The van der Waals surface area contributed by atoms with Crippen LogP contribution in [0.3, 0.4) is 0 Å². The molecule has 0 unspecified atom stereocenters. The third-order valence-corrected chi connectivity index (χ3v) is 6.12. The molecule has 1 aromatic carbocycles. The van der Waals surface area contributed by atoms with E-state index in [9.17, 15) is 9.18 Å². The van der Waals surface area contributed by atoms with Crippen molar-refractivity contribution in [3.63, 3.8) is 0 Å². The van der Waals surface area contributed by atoms with Gasteiger partial charge in [-0.1, -0.05) is 20.3 Å². The molecule has 6 nitrogen and oxygen atoms in total. The zero-order valence-corrected chi connectivity index (χ0v) is 20.0. The molecule has 0 radical (unpaired) electrons. The van der Waals surface area contributed by atoms with E-state index in [1.807, 2.05) is 26.8 Å². The predicted octanol–water partition coefficient (Wildman–Crippen LogP) is 5.39. The number of urea groups is 1. The van der Waals surface area contributed by atoms with Crippen LogP contribution in [0.2, 0.25) is 0 Å². The Labute approximate surface area is 195 Å². The maximum Gasteiger partial charge on any atom is 0.321 e. The van der Waals surface area contributed by atoms with Crippen LogP contribution in [0.15, 0.2) is 24.4 Å². The molecule has 0 aliphatic carbocycles. The predicted molar refractivity (Wildman–Crippen MR) is 131 cm³/mol. The van der Waals surface area contributed by atoms with Crippen LogP contribution in [0.5, 0.6) is 0 Å². The molecule has 8 heteroatoms. The maximum atomic E-state index is 14.7. The Morgan fingerprint density at radius 2 is 1.97 bits per heavy atom. The Kier molecular flexibility index (Phi) is 7.33. The van der Waals surface area contributed by atoms with Crippen molar-refractivity contribution in [2.75, 3.05) is 18.4 Å². The lowest BCUT2D eigenvalue weighted by Gasteiger charge is -2.19. The fourth-order valence-corrected chi connectivity index (χ4v) is 4.13. The number of carbonyl (C=O) groups excluding carboxylic acids is 1. The standard InChI is InChI=1S/C24H28FN5O.H2S/c1-5-16-7-8-30(13-16)24(31)28-21-11-18(14(3)9-20(21)25)19-10-17-12-26-22(6-2)29-23(17)27-15(19)4;/h9-12,16H,5-8,13H2,1-4H3,(H,28,31);1H2/t16-;/m1./s1. The summed E-state index contributed by atoms with van der Waals surface area (Å²) in [6.45, 7) is 9.33. The van der Waals surface area contributed by atoms with E-state index in [1.165, 1.54) is 6.07 Å². The number of benzene rings is 1. The van der Waals surface area contributed by atoms with Crippen molar-refractivity contribution >= 4 is 36.2 Å². The summed E-state index contributed by atoms with van der Waals surface area (Å²) in [6, 6.07) is 4.89. The summed E-state index contributed by atoms with van der Waals surface area (Å²) in [5.41, 5.74) is 4.11. The van der Waals surface area contributed by atoms with Crippen LogP contribution in [0.25, 0.3) is 22.2 Å². The minimum absolute atomic E-state index is 0. The van der Waals surface area contributed by atoms with E-state index in [0.29, 0.717) is 18.1 Å². The molecule has 3 aromatic rings. The SMILES string of the molecule is CCc1ncc2cc(-c3cc(NC(=O)N4CC[C@@H](CC)C4)c(F)cc3C)c(C)nc2n1.S. The van der Waals surface area contributed by atoms with Gasteiger partial charge in [-0.3, -0.25) is 0 Å². The molecule has 2 amide bonds. The van der Waals surface area contributed by atoms with Gasteiger partial charge in [0.2, 0.25) is 0 Å². The normalized spacial score (nSPS) is 15.7. The number of likely N-dealkylation sites (tertiary alicyclic amines) is 1. The van der Waals surface area contributed by atoms with Crippen molar-refractivity contribution in [3.8, 4) is 11.1 Å². The first-order chi connectivity index (χ1) is 14.9. The Morgan fingerprint density at radius 3 is 2.66 bits per heavy atom. The lowest BCUT2D eigenvalue weighted by molar-refractivity contribution is 0.220. The number of pyridine rings is 1. The summed E-state index contributed by atoms with van der Waals surface area (Å²) in [6.07, 6.45) is 4.56. The third-order valence-electron chi connectivity index (χ3n) is 6.12. The molecule has 0 saturated carbocycles. The molecule has 0 bridgehead atoms. The number of halogens is 1. The molecule has 1 aliphatic rings. The van der Waals surface area contributed by atoms with E-state index < -0.39 is 5.82 Å². The van der Waals surface area contributed by atoms with Crippen LogP contribution >= 0.6 is 13.5 Å². The Hall–Kier alpha value is -2.74. The summed E-state index contributed by atoms with van der Waals surface area (Å²) in [4.78, 5) is 28.0. The quantitative estimate of drug-likeness (QED) is 0.573. The number of nitrogens with zero attached hydrogens (tertiary/aromatic N) is 4. The third kappa shape index (κ3) is 4.70.